The average Bonchev–Trinajstić information content (AvgIpc) is 3.02. The van der Waals surface area contributed by atoms with Gasteiger partial charge < -0.3 is 10.0 Å². The van der Waals surface area contributed by atoms with Gasteiger partial charge in [-0.05, 0) is 43.7 Å². The van der Waals surface area contributed by atoms with Crippen LogP contribution in [0.2, 0.25) is 0 Å². The summed E-state index contributed by atoms with van der Waals surface area (Å²) < 4.78 is 28.9. The van der Waals surface area contributed by atoms with E-state index in [9.17, 15) is 18.7 Å². The first-order valence-electron chi connectivity index (χ1n) is 10.1. The maximum absolute atomic E-state index is 14.2. The molecule has 6 nitrogen and oxygen atoms in total. The Morgan fingerprint density at radius 3 is 2.48 bits per heavy atom. The Hall–Kier alpha value is -3.26. The summed E-state index contributed by atoms with van der Waals surface area (Å²) in [7, 11) is 0. The minimum Gasteiger partial charge on any atom is -0.508 e. The lowest BCUT2D eigenvalue weighted by Crippen LogP contribution is -2.48. The lowest BCUT2D eigenvalue weighted by atomic mass is 10.1. The van der Waals surface area contributed by atoms with Gasteiger partial charge >= 0.3 is 0 Å². The number of phenolic OH excluding ortho intramolecular Hbond substituents is 1. The number of amides is 1. The largest absolute Gasteiger partial charge is 0.508 e. The van der Waals surface area contributed by atoms with E-state index in [-0.39, 0.29) is 17.3 Å². The number of piperazine rings is 1. The normalized spacial score (nSPS) is 14.8. The highest BCUT2D eigenvalue weighted by Gasteiger charge is 2.27. The third-order valence-corrected chi connectivity index (χ3v) is 5.62. The summed E-state index contributed by atoms with van der Waals surface area (Å²) in [5, 5.41) is 14.0. The fraction of sp³-hybridized carbons (Fsp3) is 0.304. The molecule has 1 aliphatic heterocycles. The molecule has 8 heteroatoms. The van der Waals surface area contributed by atoms with Crippen LogP contribution in [0.15, 0.2) is 42.5 Å². The molecule has 2 aromatic carbocycles. The number of hydrogen-bond donors (Lipinski definition) is 1. The molecule has 0 spiro atoms. The summed E-state index contributed by atoms with van der Waals surface area (Å²) in [6.45, 7) is 6.68. The SMILES string of the molecule is Cc1nn(-c2ccc(F)cc2F)c(C)c1C(=O)N1CCN(Cc2cccc(O)c2)CC1. The predicted molar refractivity (Wildman–Crippen MR) is 112 cm³/mol. The van der Waals surface area contributed by atoms with E-state index in [2.05, 4.69) is 10.00 Å². The lowest BCUT2D eigenvalue weighted by Gasteiger charge is -2.34. The van der Waals surface area contributed by atoms with Crippen LogP contribution in [0.25, 0.3) is 5.69 Å². The molecule has 1 fully saturated rings. The predicted octanol–water partition coefficient (Wildman–Crippen LogP) is 3.43. The second-order valence-corrected chi connectivity index (χ2v) is 7.79. The third kappa shape index (κ3) is 4.29. The molecule has 0 bridgehead atoms. The molecule has 1 N–H and O–H groups in total. The third-order valence-electron chi connectivity index (χ3n) is 5.62. The van der Waals surface area contributed by atoms with Crippen LogP contribution >= 0.6 is 0 Å². The van der Waals surface area contributed by atoms with Crippen LogP contribution in [0.3, 0.4) is 0 Å². The molecule has 1 aromatic heterocycles. The van der Waals surface area contributed by atoms with E-state index < -0.39 is 11.6 Å². The number of carbonyl (C=O) groups excluding carboxylic acids is 1. The Kier molecular flexibility index (Phi) is 5.73. The number of phenols is 1. The Balaban J connectivity index is 1.47. The van der Waals surface area contributed by atoms with E-state index in [0.29, 0.717) is 49.7 Å². The van der Waals surface area contributed by atoms with Crippen molar-refractivity contribution in [1.29, 1.82) is 0 Å². The van der Waals surface area contributed by atoms with Crippen molar-refractivity contribution in [2.24, 2.45) is 0 Å². The number of carbonyl (C=O) groups is 1. The summed E-state index contributed by atoms with van der Waals surface area (Å²) in [6.07, 6.45) is 0. The summed E-state index contributed by atoms with van der Waals surface area (Å²) in [6, 6.07) is 10.5. The van der Waals surface area contributed by atoms with E-state index in [1.165, 1.54) is 16.8 Å². The lowest BCUT2D eigenvalue weighted by molar-refractivity contribution is 0.0627. The number of benzene rings is 2. The van der Waals surface area contributed by atoms with Gasteiger partial charge in [-0.3, -0.25) is 9.69 Å². The van der Waals surface area contributed by atoms with Gasteiger partial charge in [0.25, 0.3) is 5.91 Å². The van der Waals surface area contributed by atoms with Crippen LogP contribution in [0.1, 0.15) is 27.3 Å². The summed E-state index contributed by atoms with van der Waals surface area (Å²) in [4.78, 5) is 17.2. The van der Waals surface area contributed by atoms with Gasteiger partial charge in [0.05, 0.1) is 17.0 Å². The molecule has 0 saturated carbocycles. The van der Waals surface area contributed by atoms with Crippen molar-refractivity contribution in [2.45, 2.75) is 20.4 Å². The van der Waals surface area contributed by atoms with Crippen LogP contribution in [0.5, 0.6) is 5.75 Å². The van der Waals surface area contributed by atoms with Gasteiger partial charge in [0.1, 0.15) is 17.3 Å². The zero-order valence-electron chi connectivity index (χ0n) is 17.5. The smallest absolute Gasteiger partial charge is 0.257 e. The first kappa shape index (κ1) is 21.0. The molecule has 4 rings (SSSR count). The number of hydrogen-bond acceptors (Lipinski definition) is 4. The summed E-state index contributed by atoms with van der Waals surface area (Å²) in [5.74, 6) is -1.29. The highest BCUT2D eigenvalue weighted by molar-refractivity contribution is 5.96. The molecule has 1 aliphatic rings. The van der Waals surface area contributed by atoms with Gasteiger partial charge in [0.2, 0.25) is 0 Å². The van der Waals surface area contributed by atoms with E-state index in [4.69, 9.17) is 0 Å². The first-order chi connectivity index (χ1) is 14.8. The summed E-state index contributed by atoms with van der Waals surface area (Å²) in [5.41, 5.74) is 2.61. The number of rotatable bonds is 4. The molecule has 0 radical (unpaired) electrons. The van der Waals surface area contributed by atoms with Gasteiger partial charge in [-0.15, -0.1) is 0 Å². The van der Waals surface area contributed by atoms with Crippen LogP contribution in [0.4, 0.5) is 8.78 Å². The number of nitrogens with zero attached hydrogens (tertiary/aromatic N) is 4. The Labute approximate surface area is 179 Å². The standard InChI is InChI=1S/C23H24F2N4O2/c1-15-22(16(2)29(26-15)21-7-6-18(24)13-20(21)25)23(31)28-10-8-27(9-11-28)14-17-4-3-5-19(30)12-17/h3-7,12-13,30H,8-11,14H2,1-2H3. The molecule has 3 aromatic rings. The van der Waals surface area contributed by atoms with Gasteiger partial charge in [-0.1, -0.05) is 12.1 Å². The average molecular weight is 426 g/mol. The van der Waals surface area contributed by atoms with Crippen LogP contribution in [-0.4, -0.2) is 56.8 Å². The zero-order chi connectivity index (χ0) is 22.1. The van der Waals surface area contributed by atoms with Gasteiger partial charge in [-0.2, -0.15) is 5.10 Å². The zero-order valence-corrected chi connectivity index (χ0v) is 17.5. The minimum atomic E-state index is -0.731. The first-order valence-corrected chi connectivity index (χ1v) is 10.1. The minimum absolute atomic E-state index is 0.108. The number of aryl methyl sites for hydroxylation is 1. The number of aromatic hydroxyl groups is 1. The highest BCUT2D eigenvalue weighted by atomic mass is 19.1. The van der Waals surface area contributed by atoms with E-state index in [1.807, 2.05) is 12.1 Å². The highest BCUT2D eigenvalue weighted by Crippen LogP contribution is 2.23. The van der Waals surface area contributed by atoms with Crippen molar-refractivity contribution in [1.82, 2.24) is 19.6 Å². The van der Waals surface area contributed by atoms with E-state index in [0.717, 1.165) is 11.6 Å². The monoisotopic (exact) mass is 426 g/mol. The van der Waals surface area contributed by atoms with Crippen LogP contribution in [-0.2, 0) is 6.54 Å². The van der Waals surface area contributed by atoms with E-state index in [1.54, 1.807) is 30.9 Å². The second-order valence-electron chi connectivity index (χ2n) is 7.79. The fourth-order valence-electron chi connectivity index (χ4n) is 4.02. The number of halogens is 2. The molecule has 162 valence electrons. The molecule has 0 unspecified atom stereocenters. The topological polar surface area (TPSA) is 61.6 Å². The maximum Gasteiger partial charge on any atom is 0.257 e. The Bertz CT molecular complexity index is 1120. The van der Waals surface area contributed by atoms with Crippen LogP contribution in [0, 0.1) is 25.5 Å². The Morgan fingerprint density at radius 1 is 1.06 bits per heavy atom. The van der Waals surface area contributed by atoms with Gasteiger partial charge in [0, 0.05) is 38.8 Å². The molecule has 0 atom stereocenters. The maximum atomic E-state index is 14.2. The molecule has 31 heavy (non-hydrogen) atoms. The van der Waals surface area contributed by atoms with Crippen molar-refractivity contribution in [3.63, 3.8) is 0 Å². The van der Waals surface area contributed by atoms with Crippen molar-refractivity contribution in [3.8, 4) is 11.4 Å². The Morgan fingerprint density at radius 2 is 1.81 bits per heavy atom. The number of aromatic nitrogens is 2. The van der Waals surface area contributed by atoms with Gasteiger partial charge in [-0.25, -0.2) is 13.5 Å². The van der Waals surface area contributed by atoms with Crippen molar-refractivity contribution in [3.05, 3.63) is 76.6 Å². The van der Waals surface area contributed by atoms with Gasteiger partial charge in [0.15, 0.2) is 5.82 Å². The van der Waals surface area contributed by atoms with Crippen LogP contribution < -0.4 is 0 Å². The molecule has 0 aliphatic carbocycles. The quantitative estimate of drug-likeness (QED) is 0.695. The van der Waals surface area contributed by atoms with Crippen molar-refractivity contribution in [2.75, 3.05) is 26.2 Å². The molecule has 2 heterocycles. The fourth-order valence-corrected chi connectivity index (χ4v) is 4.02. The van der Waals surface area contributed by atoms with Crippen molar-refractivity contribution >= 4 is 5.91 Å². The molecule has 1 amide bonds. The second kappa shape index (κ2) is 8.47. The summed E-state index contributed by atoms with van der Waals surface area (Å²) >= 11 is 0. The molecular weight excluding hydrogens is 402 g/mol. The van der Waals surface area contributed by atoms with Crippen molar-refractivity contribution < 1.29 is 18.7 Å². The molecular formula is C23H24F2N4O2. The van der Waals surface area contributed by atoms with E-state index >= 15 is 0 Å². The molecule has 1 saturated heterocycles.